The van der Waals surface area contributed by atoms with Gasteiger partial charge in [0.05, 0.1) is 0 Å². The van der Waals surface area contributed by atoms with Crippen molar-refractivity contribution in [3.63, 3.8) is 0 Å². The van der Waals surface area contributed by atoms with Crippen LogP contribution in [0.5, 0.6) is 0 Å². The highest BCUT2D eigenvalue weighted by atomic mass is 19.2. The summed E-state index contributed by atoms with van der Waals surface area (Å²) < 4.78 is 25.5. The third-order valence-electron chi connectivity index (χ3n) is 2.59. The van der Waals surface area contributed by atoms with Crippen LogP contribution >= 0.6 is 0 Å². The maximum absolute atomic E-state index is 12.9. The van der Waals surface area contributed by atoms with E-state index >= 15 is 0 Å². The van der Waals surface area contributed by atoms with Crippen LogP contribution in [0.3, 0.4) is 0 Å². The molecule has 3 nitrogen and oxygen atoms in total. The molecule has 1 aromatic carbocycles. The fourth-order valence-electron chi connectivity index (χ4n) is 1.44. The SMILES string of the molecule is CCC(CN)CC(=O)Nc1ccc(F)c(F)c1. The van der Waals surface area contributed by atoms with Gasteiger partial charge in [-0.2, -0.15) is 0 Å². The van der Waals surface area contributed by atoms with Gasteiger partial charge in [0, 0.05) is 18.2 Å². The minimum absolute atomic E-state index is 0.111. The van der Waals surface area contributed by atoms with Gasteiger partial charge in [-0.15, -0.1) is 0 Å². The Morgan fingerprint density at radius 1 is 1.41 bits per heavy atom. The molecule has 3 N–H and O–H groups in total. The van der Waals surface area contributed by atoms with Crippen molar-refractivity contribution in [2.24, 2.45) is 11.7 Å². The molecule has 0 saturated carbocycles. The molecule has 5 heteroatoms. The Labute approximate surface area is 99.0 Å². The first-order valence-corrected chi connectivity index (χ1v) is 5.51. The maximum Gasteiger partial charge on any atom is 0.224 e. The summed E-state index contributed by atoms with van der Waals surface area (Å²) in [6.45, 7) is 2.38. The van der Waals surface area contributed by atoms with E-state index < -0.39 is 11.6 Å². The summed E-state index contributed by atoms with van der Waals surface area (Å²) in [7, 11) is 0. The first-order valence-electron chi connectivity index (χ1n) is 5.51. The lowest BCUT2D eigenvalue weighted by atomic mass is 10.0. The minimum atomic E-state index is -0.978. The smallest absolute Gasteiger partial charge is 0.224 e. The van der Waals surface area contributed by atoms with Crippen LogP contribution in [0, 0.1) is 17.6 Å². The molecule has 1 atom stereocenters. The zero-order valence-electron chi connectivity index (χ0n) is 9.67. The molecule has 1 rings (SSSR count). The summed E-state index contributed by atoms with van der Waals surface area (Å²) in [6, 6.07) is 3.25. The Balaban J connectivity index is 2.58. The molecule has 0 aliphatic heterocycles. The number of benzene rings is 1. The Bertz CT molecular complexity index is 392. The lowest BCUT2D eigenvalue weighted by molar-refractivity contribution is -0.117. The van der Waals surface area contributed by atoms with Crippen molar-refractivity contribution in [1.29, 1.82) is 0 Å². The molecule has 0 bridgehead atoms. The third kappa shape index (κ3) is 4.11. The Hall–Kier alpha value is -1.49. The molecule has 0 fully saturated rings. The summed E-state index contributed by atoms with van der Waals surface area (Å²) in [5, 5.41) is 2.51. The molecule has 0 heterocycles. The maximum atomic E-state index is 12.9. The lowest BCUT2D eigenvalue weighted by Gasteiger charge is -2.12. The van der Waals surface area contributed by atoms with Crippen molar-refractivity contribution in [3.8, 4) is 0 Å². The summed E-state index contributed by atoms with van der Waals surface area (Å²) in [4.78, 5) is 11.6. The predicted octanol–water partition coefficient (Wildman–Crippen LogP) is 2.28. The second kappa shape index (κ2) is 6.30. The van der Waals surface area contributed by atoms with Gasteiger partial charge < -0.3 is 11.1 Å². The minimum Gasteiger partial charge on any atom is -0.330 e. The van der Waals surface area contributed by atoms with Gasteiger partial charge in [0.2, 0.25) is 5.91 Å². The molecular formula is C12H16F2N2O. The zero-order chi connectivity index (χ0) is 12.8. The van der Waals surface area contributed by atoms with Crippen molar-refractivity contribution >= 4 is 11.6 Å². The molecular weight excluding hydrogens is 226 g/mol. The molecule has 1 unspecified atom stereocenters. The Kier molecular flexibility index (Phi) is 5.03. The third-order valence-corrected chi connectivity index (χ3v) is 2.59. The van der Waals surface area contributed by atoms with Crippen LogP contribution in [-0.4, -0.2) is 12.5 Å². The number of hydrogen-bond donors (Lipinski definition) is 2. The highest BCUT2D eigenvalue weighted by molar-refractivity contribution is 5.90. The molecule has 94 valence electrons. The number of nitrogens with two attached hydrogens (primary N) is 1. The number of hydrogen-bond acceptors (Lipinski definition) is 2. The largest absolute Gasteiger partial charge is 0.330 e. The summed E-state index contributed by atoms with van der Waals surface area (Å²) in [5.41, 5.74) is 5.73. The number of nitrogens with one attached hydrogen (secondary N) is 1. The van der Waals surface area contributed by atoms with Gasteiger partial charge in [-0.25, -0.2) is 8.78 Å². The van der Waals surface area contributed by atoms with Crippen molar-refractivity contribution in [2.75, 3.05) is 11.9 Å². The molecule has 0 spiro atoms. The molecule has 0 aliphatic carbocycles. The highest BCUT2D eigenvalue weighted by Crippen LogP contribution is 2.14. The van der Waals surface area contributed by atoms with Crippen LogP contribution in [0.15, 0.2) is 18.2 Å². The number of carbonyl (C=O) groups is 1. The zero-order valence-corrected chi connectivity index (χ0v) is 9.67. The van der Waals surface area contributed by atoms with Gasteiger partial charge in [-0.3, -0.25) is 4.79 Å². The number of carbonyl (C=O) groups excluding carboxylic acids is 1. The van der Waals surface area contributed by atoms with Crippen LogP contribution in [-0.2, 0) is 4.79 Å². The predicted molar refractivity (Wildman–Crippen MR) is 62.4 cm³/mol. The number of anilines is 1. The van der Waals surface area contributed by atoms with Crippen LogP contribution in [0.25, 0.3) is 0 Å². The molecule has 0 radical (unpaired) electrons. The second-order valence-corrected chi connectivity index (χ2v) is 3.89. The average Bonchev–Trinajstić information content (AvgIpc) is 2.31. The summed E-state index contributed by atoms with van der Waals surface area (Å²) >= 11 is 0. The van der Waals surface area contributed by atoms with Crippen molar-refractivity contribution in [2.45, 2.75) is 19.8 Å². The first kappa shape index (κ1) is 13.6. The Morgan fingerprint density at radius 2 is 2.12 bits per heavy atom. The second-order valence-electron chi connectivity index (χ2n) is 3.89. The van der Waals surface area contributed by atoms with Crippen LogP contribution in [0.2, 0.25) is 0 Å². The van der Waals surface area contributed by atoms with Gasteiger partial charge in [0.25, 0.3) is 0 Å². The molecule has 0 saturated heterocycles. The summed E-state index contributed by atoms with van der Waals surface area (Å²) in [5.74, 6) is -2.04. The molecule has 1 amide bonds. The topological polar surface area (TPSA) is 55.1 Å². The van der Waals surface area contributed by atoms with E-state index in [0.717, 1.165) is 18.6 Å². The van der Waals surface area contributed by atoms with Crippen LogP contribution in [0.4, 0.5) is 14.5 Å². The molecule has 0 aliphatic rings. The van der Waals surface area contributed by atoms with Gasteiger partial charge >= 0.3 is 0 Å². The van der Waals surface area contributed by atoms with Crippen molar-refractivity contribution in [3.05, 3.63) is 29.8 Å². The number of rotatable bonds is 5. The standard InChI is InChI=1S/C12H16F2N2O/c1-2-8(7-15)5-12(17)16-9-3-4-10(13)11(14)6-9/h3-4,6,8H,2,5,7,15H2,1H3,(H,16,17). The lowest BCUT2D eigenvalue weighted by Crippen LogP contribution is -2.21. The first-order chi connectivity index (χ1) is 8.06. The monoisotopic (exact) mass is 242 g/mol. The van der Waals surface area contributed by atoms with Gasteiger partial charge in [-0.05, 0) is 24.6 Å². The van der Waals surface area contributed by atoms with E-state index in [1.54, 1.807) is 0 Å². The van der Waals surface area contributed by atoms with Gasteiger partial charge in [0.1, 0.15) is 0 Å². The van der Waals surface area contributed by atoms with E-state index in [-0.39, 0.29) is 23.9 Å². The van der Waals surface area contributed by atoms with E-state index in [4.69, 9.17) is 5.73 Å². The fraction of sp³-hybridized carbons (Fsp3) is 0.417. The van der Waals surface area contributed by atoms with E-state index in [1.807, 2.05) is 6.92 Å². The van der Waals surface area contributed by atoms with Crippen molar-refractivity contribution < 1.29 is 13.6 Å². The van der Waals surface area contributed by atoms with Crippen LogP contribution in [0.1, 0.15) is 19.8 Å². The molecule has 1 aromatic rings. The number of halogens is 2. The fourth-order valence-corrected chi connectivity index (χ4v) is 1.44. The quantitative estimate of drug-likeness (QED) is 0.832. The van der Waals surface area contributed by atoms with E-state index in [2.05, 4.69) is 5.32 Å². The average molecular weight is 242 g/mol. The van der Waals surface area contributed by atoms with E-state index in [1.165, 1.54) is 6.07 Å². The normalized spacial score (nSPS) is 12.2. The molecule has 0 aromatic heterocycles. The Morgan fingerprint density at radius 3 is 2.65 bits per heavy atom. The highest BCUT2D eigenvalue weighted by Gasteiger charge is 2.11. The van der Waals surface area contributed by atoms with E-state index in [9.17, 15) is 13.6 Å². The van der Waals surface area contributed by atoms with Gasteiger partial charge in [0.15, 0.2) is 11.6 Å². The van der Waals surface area contributed by atoms with E-state index in [0.29, 0.717) is 6.54 Å². The van der Waals surface area contributed by atoms with Crippen molar-refractivity contribution in [1.82, 2.24) is 0 Å². The van der Waals surface area contributed by atoms with Crippen LogP contribution < -0.4 is 11.1 Å². The molecule has 17 heavy (non-hydrogen) atoms. The van der Waals surface area contributed by atoms with Gasteiger partial charge in [-0.1, -0.05) is 13.3 Å². The number of amides is 1. The summed E-state index contributed by atoms with van der Waals surface area (Å²) in [6.07, 6.45) is 1.09.